The Hall–Kier alpha value is -3.63. The molecule has 2 aromatic carbocycles. The summed E-state index contributed by atoms with van der Waals surface area (Å²) in [5, 5.41) is 12.9. The number of nitrogens with one attached hydrogen (secondary N) is 1. The Bertz CT molecular complexity index is 930. The van der Waals surface area contributed by atoms with Crippen LogP contribution in [0.5, 0.6) is 0 Å². The van der Waals surface area contributed by atoms with Crippen molar-refractivity contribution in [2.75, 3.05) is 11.1 Å². The van der Waals surface area contributed by atoms with Crippen LogP contribution in [0.3, 0.4) is 0 Å². The van der Waals surface area contributed by atoms with Crippen LogP contribution in [0.4, 0.5) is 30.2 Å². The lowest BCUT2D eigenvalue weighted by atomic mass is 10.1. The fraction of sp³-hybridized carbons (Fsp3) is 0.176. The van der Waals surface area contributed by atoms with Crippen molar-refractivity contribution < 1.29 is 32.4 Å². The Kier molecular flexibility index (Phi) is 5.87. The number of esters is 1. The molecule has 0 fully saturated rings. The third-order valence-corrected chi connectivity index (χ3v) is 3.58. The normalized spacial score (nSPS) is 12.1. The summed E-state index contributed by atoms with van der Waals surface area (Å²) < 4.78 is 43.0. The average Bonchev–Trinajstić information content (AvgIpc) is 2.60. The monoisotopic (exact) mass is 397 g/mol. The summed E-state index contributed by atoms with van der Waals surface area (Å²) in [7, 11) is 0. The summed E-state index contributed by atoms with van der Waals surface area (Å²) in [6.45, 7) is 1.21. The second-order valence-electron chi connectivity index (χ2n) is 5.64. The number of hydrogen-bond acceptors (Lipinski definition) is 6. The number of ether oxygens (including phenoxy) is 1. The van der Waals surface area contributed by atoms with Crippen LogP contribution in [0.25, 0.3) is 0 Å². The van der Waals surface area contributed by atoms with E-state index in [1.165, 1.54) is 13.0 Å². The molecule has 0 unspecified atom stereocenters. The molecule has 0 bridgehead atoms. The number of hydrogen-bond donors (Lipinski definition) is 2. The first kappa shape index (κ1) is 20.7. The number of benzene rings is 2. The van der Waals surface area contributed by atoms with Gasteiger partial charge in [-0.1, -0.05) is 6.07 Å². The number of nitrogens with two attached hydrogens (primary N) is 1. The maximum Gasteiger partial charge on any atom is 0.416 e. The molecule has 1 atom stereocenters. The Balaban J connectivity index is 2.06. The van der Waals surface area contributed by atoms with Crippen LogP contribution in [0.2, 0.25) is 0 Å². The highest BCUT2D eigenvalue weighted by molar-refractivity contribution is 5.99. The van der Waals surface area contributed by atoms with E-state index in [4.69, 9.17) is 10.5 Å². The second kappa shape index (κ2) is 7.94. The zero-order valence-electron chi connectivity index (χ0n) is 14.3. The number of amides is 1. The third-order valence-electron chi connectivity index (χ3n) is 3.58. The van der Waals surface area contributed by atoms with Crippen LogP contribution in [0.1, 0.15) is 22.8 Å². The first-order chi connectivity index (χ1) is 13.0. The quantitative estimate of drug-likeness (QED) is 0.345. The predicted octanol–water partition coefficient (Wildman–Crippen LogP) is 3.38. The topological polar surface area (TPSA) is 125 Å². The van der Waals surface area contributed by atoms with Gasteiger partial charge in [-0.2, -0.15) is 13.2 Å². The minimum atomic E-state index is -4.58. The van der Waals surface area contributed by atoms with E-state index < -0.39 is 34.6 Å². The molecule has 0 spiro atoms. The van der Waals surface area contributed by atoms with Crippen molar-refractivity contribution in [3.8, 4) is 0 Å². The average molecular weight is 397 g/mol. The van der Waals surface area contributed by atoms with Crippen LogP contribution < -0.4 is 11.1 Å². The van der Waals surface area contributed by atoms with Gasteiger partial charge in [-0.25, -0.2) is 4.79 Å². The molecule has 11 heteroatoms. The number of halogens is 3. The van der Waals surface area contributed by atoms with Crippen molar-refractivity contribution in [2.45, 2.75) is 19.2 Å². The molecule has 0 heterocycles. The fourth-order valence-electron chi connectivity index (χ4n) is 2.14. The summed E-state index contributed by atoms with van der Waals surface area (Å²) in [5.74, 6) is -1.88. The summed E-state index contributed by atoms with van der Waals surface area (Å²) in [6, 6.07) is 7.03. The van der Waals surface area contributed by atoms with Gasteiger partial charge in [0.15, 0.2) is 6.10 Å². The number of carbonyl (C=O) groups is 2. The number of nitro groups is 1. The number of alkyl halides is 3. The van der Waals surface area contributed by atoms with E-state index in [-0.39, 0.29) is 22.6 Å². The van der Waals surface area contributed by atoms with Crippen molar-refractivity contribution in [3.05, 3.63) is 63.7 Å². The number of carbonyl (C=O) groups excluding carboxylic acids is 2. The standard InChI is InChI=1S/C17H14F3N3O5/c1-9(15(24)22-11-4-2-3-10(7-11)17(18,19)20)28-16(25)13-6-5-12(23(26)27)8-14(13)21/h2-9H,21H2,1H3,(H,22,24)/t9-/m1/s1. The van der Waals surface area contributed by atoms with E-state index in [2.05, 4.69) is 5.32 Å². The zero-order chi connectivity index (χ0) is 21.1. The molecular formula is C17H14F3N3O5. The van der Waals surface area contributed by atoms with Crippen LogP contribution in [-0.2, 0) is 15.7 Å². The third kappa shape index (κ3) is 4.96. The predicted molar refractivity (Wildman–Crippen MR) is 92.5 cm³/mol. The van der Waals surface area contributed by atoms with Gasteiger partial charge in [0.25, 0.3) is 11.6 Å². The molecule has 0 saturated carbocycles. The first-order valence-corrected chi connectivity index (χ1v) is 7.72. The molecule has 0 radical (unpaired) electrons. The molecule has 0 aromatic heterocycles. The number of nitrogens with zero attached hydrogens (tertiary/aromatic N) is 1. The van der Waals surface area contributed by atoms with Crippen molar-refractivity contribution in [1.82, 2.24) is 0 Å². The van der Waals surface area contributed by atoms with Gasteiger partial charge in [0.2, 0.25) is 0 Å². The van der Waals surface area contributed by atoms with Crippen molar-refractivity contribution >= 4 is 28.9 Å². The molecule has 8 nitrogen and oxygen atoms in total. The Morgan fingerprint density at radius 2 is 1.89 bits per heavy atom. The number of nitro benzene ring substituents is 1. The van der Waals surface area contributed by atoms with Crippen LogP contribution in [0, 0.1) is 10.1 Å². The minimum absolute atomic E-state index is 0.127. The van der Waals surface area contributed by atoms with Crippen LogP contribution in [-0.4, -0.2) is 22.9 Å². The molecule has 0 aliphatic carbocycles. The van der Waals surface area contributed by atoms with Crippen molar-refractivity contribution in [2.24, 2.45) is 0 Å². The van der Waals surface area contributed by atoms with Gasteiger partial charge in [0.1, 0.15) is 0 Å². The molecule has 0 aliphatic heterocycles. The van der Waals surface area contributed by atoms with E-state index in [1.807, 2.05) is 0 Å². The Labute approximate surface area is 156 Å². The van der Waals surface area contributed by atoms with Gasteiger partial charge in [-0.3, -0.25) is 14.9 Å². The van der Waals surface area contributed by atoms with E-state index >= 15 is 0 Å². The number of rotatable bonds is 5. The molecule has 0 saturated heterocycles. The van der Waals surface area contributed by atoms with Crippen molar-refractivity contribution in [3.63, 3.8) is 0 Å². The Morgan fingerprint density at radius 3 is 2.46 bits per heavy atom. The smallest absolute Gasteiger partial charge is 0.416 e. The first-order valence-electron chi connectivity index (χ1n) is 7.72. The van der Waals surface area contributed by atoms with Gasteiger partial charge in [0.05, 0.1) is 21.7 Å². The lowest BCUT2D eigenvalue weighted by Gasteiger charge is -2.15. The Morgan fingerprint density at radius 1 is 1.21 bits per heavy atom. The van der Waals surface area contributed by atoms with Crippen molar-refractivity contribution in [1.29, 1.82) is 0 Å². The van der Waals surface area contributed by atoms with Gasteiger partial charge < -0.3 is 15.8 Å². The number of anilines is 2. The molecule has 2 aromatic rings. The highest BCUT2D eigenvalue weighted by Crippen LogP contribution is 2.30. The summed E-state index contributed by atoms with van der Waals surface area (Å²) in [5.41, 5.74) is 3.77. The SMILES string of the molecule is C[C@@H](OC(=O)c1ccc([N+](=O)[O-])cc1N)C(=O)Nc1cccc(C(F)(F)F)c1. The molecule has 28 heavy (non-hydrogen) atoms. The fourth-order valence-corrected chi connectivity index (χ4v) is 2.14. The van der Waals surface area contributed by atoms with E-state index in [1.54, 1.807) is 0 Å². The van der Waals surface area contributed by atoms with Gasteiger partial charge in [0, 0.05) is 17.8 Å². The largest absolute Gasteiger partial charge is 0.449 e. The van der Waals surface area contributed by atoms with E-state index in [9.17, 15) is 32.9 Å². The van der Waals surface area contributed by atoms with Gasteiger partial charge in [-0.05, 0) is 31.2 Å². The molecular weight excluding hydrogens is 383 g/mol. The molecule has 1 amide bonds. The second-order valence-corrected chi connectivity index (χ2v) is 5.64. The van der Waals surface area contributed by atoms with Crippen LogP contribution in [0.15, 0.2) is 42.5 Å². The summed E-state index contributed by atoms with van der Waals surface area (Å²) in [4.78, 5) is 34.2. The van der Waals surface area contributed by atoms with E-state index in [0.29, 0.717) is 0 Å². The lowest BCUT2D eigenvalue weighted by molar-refractivity contribution is -0.384. The minimum Gasteiger partial charge on any atom is -0.449 e. The molecule has 0 aliphatic rings. The molecule has 3 N–H and O–H groups in total. The van der Waals surface area contributed by atoms with E-state index in [0.717, 1.165) is 36.4 Å². The van der Waals surface area contributed by atoms with Crippen LogP contribution >= 0.6 is 0 Å². The molecule has 148 valence electrons. The maximum absolute atomic E-state index is 12.7. The van der Waals surface area contributed by atoms with Gasteiger partial charge >= 0.3 is 12.1 Å². The zero-order valence-corrected chi connectivity index (χ0v) is 14.3. The number of nitrogen functional groups attached to an aromatic ring is 1. The summed E-state index contributed by atoms with van der Waals surface area (Å²) >= 11 is 0. The highest BCUT2D eigenvalue weighted by atomic mass is 19.4. The molecule has 2 rings (SSSR count). The highest BCUT2D eigenvalue weighted by Gasteiger charge is 2.30. The lowest BCUT2D eigenvalue weighted by Crippen LogP contribution is -2.30. The summed E-state index contributed by atoms with van der Waals surface area (Å²) in [6.07, 6.45) is -5.94. The number of non-ortho nitro benzene ring substituents is 1. The van der Waals surface area contributed by atoms with Gasteiger partial charge in [-0.15, -0.1) is 0 Å². The maximum atomic E-state index is 12.7.